The Morgan fingerprint density at radius 3 is 3.19 bits per heavy atom. The quantitative estimate of drug-likeness (QED) is 0.918. The molecule has 1 unspecified atom stereocenters. The Morgan fingerprint density at radius 2 is 2.38 bits per heavy atom. The van der Waals surface area contributed by atoms with Crippen LogP contribution in [0.5, 0.6) is 0 Å². The number of nitrogens with one attached hydrogen (secondary N) is 1. The Balaban J connectivity index is 1.68. The molecule has 1 fully saturated rings. The average Bonchev–Trinajstić information content (AvgIpc) is 2.96. The topological polar surface area (TPSA) is 54.2 Å². The first kappa shape index (κ1) is 14.7. The average molecular weight is 351 g/mol. The van der Waals surface area contributed by atoms with Crippen molar-refractivity contribution in [1.29, 1.82) is 0 Å². The number of aromatic nitrogens is 2. The molecule has 2 heterocycles. The van der Waals surface area contributed by atoms with E-state index in [4.69, 9.17) is 4.52 Å². The van der Waals surface area contributed by atoms with Crippen LogP contribution in [0.2, 0.25) is 0 Å². The first-order valence-corrected chi connectivity index (χ1v) is 8.02. The van der Waals surface area contributed by atoms with Crippen molar-refractivity contribution < 1.29 is 4.52 Å². The van der Waals surface area contributed by atoms with Crippen molar-refractivity contribution in [3.8, 4) is 11.4 Å². The maximum Gasteiger partial charge on any atom is 0.241 e. The minimum Gasteiger partial charge on any atom is -0.338 e. The van der Waals surface area contributed by atoms with Gasteiger partial charge in [0.1, 0.15) is 0 Å². The Kier molecular flexibility index (Phi) is 4.67. The lowest BCUT2D eigenvalue weighted by Gasteiger charge is -2.31. The van der Waals surface area contributed by atoms with Crippen LogP contribution in [0.3, 0.4) is 0 Å². The summed E-state index contributed by atoms with van der Waals surface area (Å²) in [4.78, 5) is 6.87. The van der Waals surface area contributed by atoms with Crippen LogP contribution >= 0.6 is 15.9 Å². The monoisotopic (exact) mass is 350 g/mol. The third kappa shape index (κ3) is 3.70. The minimum absolute atomic E-state index is 0.561. The van der Waals surface area contributed by atoms with Crippen molar-refractivity contribution in [1.82, 2.24) is 20.4 Å². The van der Waals surface area contributed by atoms with E-state index >= 15 is 0 Å². The maximum absolute atomic E-state index is 5.39. The normalized spacial score (nSPS) is 19.8. The van der Waals surface area contributed by atoms with Crippen LogP contribution in [-0.2, 0) is 6.54 Å². The summed E-state index contributed by atoms with van der Waals surface area (Å²) in [5.74, 6) is 1.33. The zero-order valence-electron chi connectivity index (χ0n) is 12.1. The molecule has 6 heteroatoms. The van der Waals surface area contributed by atoms with Crippen LogP contribution < -0.4 is 5.32 Å². The number of nitrogens with zero attached hydrogens (tertiary/aromatic N) is 3. The van der Waals surface area contributed by atoms with Crippen LogP contribution in [0.4, 0.5) is 0 Å². The second-order valence-corrected chi connectivity index (χ2v) is 6.30. The van der Waals surface area contributed by atoms with Gasteiger partial charge in [0.05, 0.1) is 6.54 Å². The first-order valence-electron chi connectivity index (χ1n) is 7.23. The smallest absolute Gasteiger partial charge is 0.241 e. The fourth-order valence-corrected chi connectivity index (χ4v) is 3.09. The Hall–Kier alpha value is -1.24. The molecule has 0 radical (unpaired) electrons. The number of halogens is 1. The van der Waals surface area contributed by atoms with E-state index in [2.05, 4.69) is 36.3 Å². The lowest BCUT2D eigenvalue weighted by molar-refractivity contribution is 0.167. The standard InChI is InChI=1S/C15H19BrN4O/c1-17-13-6-3-7-20(9-13)10-14-18-15(19-21-14)11-4-2-5-12(16)8-11/h2,4-5,8,13,17H,3,6-7,9-10H2,1H3. The number of benzene rings is 1. The zero-order valence-corrected chi connectivity index (χ0v) is 13.6. The highest BCUT2D eigenvalue weighted by Gasteiger charge is 2.20. The fraction of sp³-hybridized carbons (Fsp3) is 0.467. The lowest BCUT2D eigenvalue weighted by atomic mass is 10.1. The molecule has 3 rings (SSSR count). The minimum atomic E-state index is 0.561. The molecule has 0 spiro atoms. The van der Waals surface area contributed by atoms with E-state index in [1.807, 2.05) is 31.3 Å². The van der Waals surface area contributed by atoms with E-state index in [1.54, 1.807) is 0 Å². The number of piperidine rings is 1. The van der Waals surface area contributed by atoms with Gasteiger partial charge >= 0.3 is 0 Å². The summed E-state index contributed by atoms with van der Waals surface area (Å²) in [6.45, 7) is 2.84. The summed E-state index contributed by atoms with van der Waals surface area (Å²) in [7, 11) is 2.02. The molecular weight excluding hydrogens is 332 g/mol. The number of likely N-dealkylation sites (N-methyl/N-ethyl adjacent to an activating group) is 1. The van der Waals surface area contributed by atoms with Crippen LogP contribution in [0.1, 0.15) is 18.7 Å². The Labute approximate surface area is 132 Å². The van der Waals surface area contributed by atoms with Crippen LogP contribution in [0.15, 0.2) is 33.3 Å². The van der Waals surface area contributed by atoms with Gasteiger partial charge in [-0.3, -0.25) is 4.90 Å². The number of hydrogen-bond donors (Lipinski definition) is 1. The van der Waals surface area contributed by atoms with Gasteiger partial charge < -0.3 is 9.84 Å². The van der Waals surface area contributed by atoms with Gasteiger partial charge in [-0.1, -0.05) is 33.2 Å². The molecule has 1 N–H and O–H groups in total. The van der Waals surface area contributed by atoms with Crippen molar-refractivity contribution in [2.45, 2.75) is 25.4 Å². The summed E-state index contributed by atoms with van der Waals surface area (Å²) in [6.07, 6.45) is 2.44. The SMILES string of the molecule is CNC1CCCN(Cc2nc(-c3cccc(Br)c3)no2)C1. The fourth-order valence-electron chi connectivity index (χ4n) is 2.69. The molecule has 0 bridgehead atoms. The molecular formula is C15H19BrN4O. The summed E-state index contributed by atoms with van der Waals surface area (Å²) < 4.78 is 6.41. The summed E-state index contributed by atoms with van der Waals surface area (Å²) in [6, 6.07) is 8.49. The number of hydrogen-bond acceptors (Lipinski definition) is 5. The molecule has 0 aliphatic carbocycles. The highest BCUT2D eigenvalue weighted by atomic mass is 79.9. The molecule has 0 saturated carbocycles. The molecule has 112 valence electrons. The van der Waals surface area contributed by atoms with Crippen molar-refractivity contribution in [2.75, 3.05) is 20.1 Å². The van der Waals surface area contributed by atoms with E-state index < -0.39 is 0 Å². The molecule has 1 aliphatic heterocycles. The zero-order chi connectivity index (χ0) is 14.7. The predicted octanol–water partition coefficient (Wildman–Crippen LogP) is 2.68. The van der Waals surface area contributed by atoms with Crippen molar-refractivity contribution in [3.63, 3.8) is 0 Å². The summed E-state index contributed by atoms with van der Waals surface area (Å²) in [5.41, 5.74) is 0.964. The van der Waals surface area contributed by atoms with Crippen molar-refractivity contribution >= 4 is 15.9 Å². The predicted molar refractivity (Wildman–Crippen MR) is 84.8 cm³/mol. The van der Waals surface area contributed by atoms with Crippen LogP contribution in [0.25, 0.3) is 11.4 Å². The molecule has 0 amide bonds. The molecule has 1 aromatic carbocycles. The Morgan fingerprint density at radius 1 is 1.48 bits per heavy atom. The van der Waals surface area contributed by atoms with E-state index in [-0.39, 0.29) is 0 Å². The van der Waals surface area contributed by atoms with Gasteiger partial charge in [0.25, 0.3) is 0 Å². The highest BCUT2D eigenvalue weighted by Crippen LogP contribution is 2.21. The first-order chi connectivity index (χ1) is 10.2. The Bertz CT molecular complexity index is 601. The molecule has 1 saturated heterocycles. The third-order valence-electron chi connectivity index (χ3n) is 3.82. The van der Waals surface area contributed by atoms with Gasteiger partial charge in [-0.2, -0.15) is 4.98 Å². The largest absolute Gasteiger partial charge is 0.338 e. The van der Waals surface area contributed by atoms with Gasteiger partial charge in [0.2, 0.25) is 11.7 Å². The van der Waals surface area contributed by atoms with Gasteiger partial charge in [0.15, 0.2) is 0 Å². The summed E-state index contributed by atoms with van der Waals surface area (Å²) >= 11 is 3.46. The highest BCUT2D eigenvalue weighted by molar-refractivity contribution is 9.10. The van der Waals surface area contributed by atoms with Crippen molar-refractivity contribution in [3.05, 3.63) is 34.6 Å². The third-order valence-corrected chi connectivity index (χ3v) is 4.32. The summed E-state index contributed by atoms with van der Waals surface area (Å²) in [5, 5.41) is 7.43. The lowest BCUT2D eigenvalue weighted by Crippen LogP contribution is -2.43. The molecule has 5 nitrogen and oxygen atoms in total. The molecule has 2 aromatic rings. The van der Waals surface area contributed by atoms with Gasteiger partial charge in [-0.15, -0.1) is 0 Å². The maximum atomic E-state index is 5.39. The number of rotatable bonds is 4. The van der Waals surface area contributed by atoms with Crippen LogP contribution in [0, 0.1) is 0 Å². The van der Waals surface area contributed by atoms with Gasteiger partial charge in [0, 0.05) is 22.6 Å². The second kappa shape index (κ2) is 6.68. The van der Waals surface area contributed by atoms with E-state index in [0.717, 1.165) is 29.7 Å². The molecule has 21 heavy (non-hydrogen) atoms. The van der Waals surface area contributed by atoms with E-state index in [9.17, 15) is 0 Å². The van der Waals surface area contributed by atoms with Crippen LogP contribution in [-0.4, -0.2) is 41.2 Å². The van der Waals surface area contributed by atoms with Gasteiger partial charge in [-0.25, -0.2) is 0 Å². The molecule has 1 atom stereocenters. The molecule has 1 aromatic heterocycles. The van der Waals surface area contributed by atoms with Gasteiger partial charge in [-0.05, 0) is 38.6 Å². The number of likely N-dealkylation sites (tertiary alicyclic amines) is 1. The van der Waals surface area contributed by atoms with Crippen molar-refractivity contribution in [2.24, 2.45) is 0 Å². The molecule has 1 aliphatic rings. The second-order valence-electron chi connectivity index (χ2n) is 5.39. The van der Waals surface area contributed by atoms with E-state index in [1.165, 1.54) is 12.8 Å². The van der Waals surface area contributed by atoms with E-state index in [0.29, 0.717) is 17.8 Å².